The summed E-state index contributed by atoms with van der Waals surface area (Å²) in [6.07, 6.45) is 4.31. The second kappa shape index (κ2) is 12.9. The largest absolute Gasteiger partial charge is 0.496 e. The van der Waals surface area contributed by atoms with Gasteiger partial charge in [0, 0.05) is 50.6 Å². The summed E-state index contributed by atoms with van der Waals surface area (Å²) < 4.78 is 49.4. The Bertz CT molecular complexity index is 1230. The van der Waals surface area contributed by atoms with Gasteiger partial charge in [0.15, 0.2) is 0 Å². The van der Waals surface area contributed by atoms with Crippen molar-refractivity contribution in [2.24, 2.45) is 0 Å². The van der Waals surface area contributed by atoms with Crippen molar-refractivity contribution in [3.8, 4) is 23.0 Å². The number of sulfonamides is 1. The van der Waals surface area contributed by atoms with E-state index in [-0.39, 0.29) is 5.91 Å². The third-order valence-electron chi connectivity index (χ3n) is 5.52. The first kappa shape index (κ1) is 27.7. The van der Waals surface area contributed by atoms with E-state index in [0.717, 1.165) is 18.5 Å². The number of rotatable bonds is 11. The molecule has 37 heavy (non-hydrogen) atoms. The summed E-state index contributed by atoms with van der Waals surface area (Å²) in [4.78, 5) is 14.1. The van der Waals surface area contributed by atoms with Gasteiger partial charge in [-0.2, -0.15) is 0 Å². The zero-order valence-electron chi connectivity index (χ0n) is 21.2. The third-order valence-corrected chi connectivity index (χ3v) is 6.53. The molecular formula is C25H32N4O7S. The van der Waals surface area contributed by atoms with Gasteiger partial charge < -0.3 is 34.5 Å². The summed E-state index contributed by atoms with van der Waals surface area (Å²) >= 11 is 0. The van der Waals surface area contributed by atoms with Crippen LogP contribution in [0.25, 0.3) is 6.08 Å². The molecule has 0 spiro atoms. The predicted octanol–water partition coefficient (Wildman–Crippen LogP) is 2.49. The van der Waals surface area contributed by atoms with Gasteiger partial charge in [-0.05, 0) is 24.3 Å². The van der Waals surface area contributed by atoms with Crippen LogP contribution in [0.5, 0.6) is 23.0 Å². The Hall–Kier alpha value is -3.90. The van der Waals surface area contributed by atoms with Crippen molar-refractivity contribution in [3.63, 3.8) is 0 Å². The Kier molecular flexibility index (Phi) is 9.64. The Morgan fingerprint density at radius 2 is 1.59 bits per heavy atom. The molecule has 0 saturated carbocycles. The maximum absolute atomic E-state index is 12.8. The first-order valence-corrected chi connectivity index (χ1v) is 13.0. The fourth-order valence-corrected chi connectivity index (χ4v) is 4.47. The van der Waals surface area contributed by atoms with Crippen LogP contribution in [0.3, 0.4) is 0 Å². The van der Waals surface area contributed by atoms with Crippen LogP contribution in [0.1, 0.15) is 5.56 Å². The number of amides is 1. The molecule has 3 N–H and O–H groups in total. The zero-order valence-corrected chi connectivity index (χ0v) is 22.1. The molecule has 0 aromatic heterocycles. The lowest BCUT2D eigenvalue weighted by atomic mass is 10.1. The highest BCUT2D eigenvalue weighted by Crippen LogP contribution is 2.35. The van der Waals surface area contributed by atoms with Gasteiger partial charge in [0.2, 0.25) is 5.91 Å². The lowest BCUT2D eigenvalue weighted by Crippen LogP contribution is -2.45. The normalized spacial score (nSPS) is 14.0. The van der Waals surface area contributed by atoms with Crippen molar-refractivity contribution in [1.29, 1.82) is 0 Å². The van der Waals surface area contributed by atoms with Crippen LogP contribution < -0.4 is 34.3 Å². The summed E-state index contributed by atoms with van der Waals surface area (Å²) in [5.41, 5.74) is 1.21. The molecule has 2 aromatic rings. The summed E-state index contributed by atoms with van der Waals surface area (Å²) in [6.45, 7) is 2.81. The Morgan fingerprint density at radius 1 is 0.946 bits per heavy atom. The molecule has 200 valence electrons. The second-order valence-corrected chi connectivity index (χ2v) is 9.43. The van der Waals surface area contributed by atoms with Gasteiger partial charge in [-0.3, -0.25) is 9.52 Å². The standard InChI is InChI=1S/C25H32N4O7S/c1-33-19-16-23(35-3)20(24(17-19)36-4)8-14-37(31,32)28-18-5-6-22(34-2)21(15-18)27-9-7-25(30)29-12-10-26-11-13-29/h5-9,14-17,26-28H,10-13H2,1-4H3/b9-7-,14-8+. The average Bonchev–Trinajstić information content (AvgIpc) is 2.91. The van der Waals surface area contributed by atoms with Crippen LogP contribution in [0.4, 0.5) is 11.4 Å². The van der Waals surface area contributed by atoms with E-state index in [1.807, 2.05) is 0 Å². The van der Waals surface area contributed by atoms with Crippen molar-refractivity contribution >= 4 is 33.4 Å². The zero-order chi connectivity index (χ0) is 26.8. The number of carbonyl (C=O) groups is 1. The summed E-state index contributed by atoms with van der Waals surface area (Å²) in [6, 6.07) is 8.01. The molecule has 0 atom stereocenters. The van der Waals surface area contributed by atoms with Gasteiger partial charge in [0.1, 0.15) is 23.0 Å². The molecule has 2 aromatic carbocycles. The van der Waals surface area contributed by atoms with E-state index in [9.17, 15) is 13.2 Å². The van der Waals surface area contributed by atoms with Gasteiger partial charge in [-0.1, -0.05) is 0 Å². The maximum Gasteiger partial charge on any atom is 0.255 e. The molecule has 1 aliphatic heterocycles. The molecule has 12 heteroatoms. The van der Waals surface area contributed by atoms with Crippen LogP contribution in [0, 0.1) is 0 Å². The molecule has 0 bridgehead atoms. The number of ether oxygens (including phenoxy) is 4. The molecule has 1 saturated heterocycles. The number of hydrogen-bond acceptors (Lipinski definition) is 9. The number of anilines is 2. The highest BCUT2D eigenvalue weighted by molar-refractivity contribution is 7.95. The minimum Gasteiger partial charge on any atom is -0.496 e. The van der Waals surface area contributed by atoms with E-state index in [2.05, 4.69) is 15.4 Å². The minimum atomic E-state index is -3.91. The smallest absolute Gasteiger partial charge is 0.255 e. The van der Waals surface area contributed by atoms with Gasteiger partial charge >= 0.3 is 0 Å². The molecule has 11 nitrogen and oxygen atoms in total. The fraction of sp³-hybridized carbons (Fsp3) is 0.320. The van der Waals surface area contributed by atoms with E-state index in [0.29, 0.717) is 53.0 Å². The number of nitrogens with zero attached hydrogens (tertiary/aromatic N) is 1. The lowest BCUT2D eigenvalue weighted by Gasteiger charge is -2.26. The lowest BCUT2D eigenvalue weighted by molar-refractivity contribution is -0.126. The maximum atomic E-state index is 12.8. The van der Waals surface area contributed by atoms with Crippen LogP contribution >= 0.6 is 0 Å². The number of benzene rings is 2. The van der Waals surface area contributed by atoms with E-state index < -0.39 is 10.0 Å². The Balaban J connectivity index is 1.76. The Labute approximate surface area is 217 Å². The van der Waals surface area contributed by atoms with Gasteiger partial charge in [-0.25, -0.2) is 8.42 Å². The first-order chi connectivity index (χ1) is 17.8. The first-order valence-electron chi connectivity index (χ1n) is 11.4. The number of hydrogen-bond donors (Lipinski definition) is 3. The fourth-order valence-electron chi connectivity index (χ4n) is 3.63. The molecule has 0 aliphatic carbocycles. The van der Waals surface area contributed by atoms with E-state index in [1.165, 1.54) is 46.8 Å². The third kappa shape index (κ3) is 7.54. The number of carbonyl (C=O) groups excluding carboxylic acids is 1. The molecule has 0 unspecified atom stereocenters. The Morgan fingerprint density at radius 3 is 2.19 bits per heavy atom. The van der Waals surface area contributed by atoms with E-state index in [1.54, 1.807) is 35.2 Å². The minimum absolute atomic E-state index is 0.112. The molecule has 1 aliphatic rings. The summed E-state index contributed by atoms with van der Waals surface area (Å²) in [5, 5.41) is 7.21. The highest BCUT2D eigenvalue weighted by atomic mass is 32.2. The summed E-state index contributed by atoms with van der Waals surface area (Å²) in [7, 11) is 2.04. The average molecular weight is 533 g/mol. The monoisotopic (exact) mass is 532 g/mol. The summed E-state index contributed by atoms with van der Waals surface area (Å²) in [5.74, 6) is 1.65. The van der Waals surface area contributed by atoms with Gasteiger partial charge in [0.05, 0.1) is 50.8 Å². The van der Waals surface area contributed by atoms with E-state index >= 15 is 0 Å². The van der Waals surface area contributed by atoms with E-state index in [4.69, 9.17) is 18.9 Å². The molecular weight excluding hydrogens is 500 g/mol. The molecule has 1 fully saturated rings. The van der Waals surface area contributed by atoms with Crippen molar-refractivity contribution in [2.75, 3.05) is 64.7 Å². The van der Waals surface area contributed by atoms with Crippen molar-refractivity contribution in [3.05, 3.63) is 53.6 Å². The highest BCUT2D eigenvalue weighted by Gasteiger charge is 2.15. The van der Waals surface area contributed by atoms with Crippen molar-refractivity contribution in [2.45, 2.75) is 0 Å². The molecule has 1 heterocycles. The molecule has 3 rings (SSSR count). The van der Waals surface area contributed by atoms with Crippen LogP contribution in [-0.2, 0) is 14.8 Å². The topological polar surface area (TPSA) is 127 Å². The van der Waals surface area contributed by atoms with Crippen LogP contribution in [0.2, 0.25) is 0 Å². The number of nitrogens with one attached hydrogen (secondary N) is 3. The number of piperazine rings is 1. The van der Waals surface area contributed by atoms with Crippen LogP contribution in [0.15, 0.2) is 48.0 Å². The molecule has 0 radical (unpaired) electrons. The van der Waals surface area contributed by atoms with Gasteiger partial charge in [0.25, 0.3) is 10.0 Å². The molecule has 1 amide bonds. The number of methoxy groups -OCH3 is 4. The SMILES string of the molecule is COc1cc(OC)c(/C=C/S(=O)(=O)Nc2ccc(OC)c(N/C=C\C(=O)N3CCNCC3)c2)c(OC)c1. The quantitative estimate of drug-likeness (QED) is 0.374. The van der Waals surface area contributed by atoms with Crippen LogP contribution in [-0.4, -0.2) is 73.8 Å². The van der Waals surface area contributed by atoms with Gasteiger partial charge in [-0.15, -0.1) is 0 Å². The van der Waals surface area contributed by atoms with Crippen molar-refractivity contribution < 1.29 is 32.2 Å². The second-order valence-electron chi connectivity index (χ2n) is 7.86. The predicted molar refractivity (Wildman–Crippen MR) is 143 cm³/mol. The van der Waals surface area contributed by atoms with Crippen molar-refractivity contribution in [1.82, 2.24) is 10.2 Å².